The molecule has 4 fully saturated rings. The summed E-state index contributed by atoms with van der Waals surface area (Å²) >= 11 is 0. The number of cyclic esters (lactones) is 1. The van der Waals surface area contributed by atoms with Crippen molar-refractivity contribution < 1.29 is 23.9 Å². The van der Waals surface area contributed by atoms with E-state index in [0.717, 1.165) is 44.2 Å². The minimum atomic E-state index is -0.253. The lowest BCUT2D eigenvalue weighted by Gasteiger charge is -2.50. The summed E-state index contributed by atoms with van der Waals surface area (Å²) in [7, 11) is 0. The van der Waals surface area contributed by atoms with Crippen LogP contribution in [0.5, 0.6) is 0 Å². The van der Waals surface area contributed by atoms with Gasteiger partial charge in [-0.25, -0.2) is 4.79 Å². The van der Waals surface area contributed by atoms with Gasteiger partial charge in [0.15, 0.2) is 0 Å². The van der Waals surface area contributed by atoms with Gasteiger partial charge >= 0.3 is 6.09 Å². The lowest BCUT2D eigenvalue weighted by molar-refractivity contribution is -0.135. The van der Waals surface area contributed by atoms with Crippen molar-refractivity contribution >= 4 is 23.5 Å². The van der Waals surface area contributed by atoms with Crippen LogP contribution in [0.2, 0.25) is 0 Å². The Morgan fingerprint density at radius 3 is 2.72 bits per heavy atom. The second kappa shape index (κ2) is 9.47. The molecule has 2 saturated heterocycles. The van der Waals surface area contributed by atoms with Gasteiger partial charge in [0.1, 0.15) is 12.4 Å². The number of amides is 2. The van der Waals surface area contributed by atoms with Crippen LogP contribution in [0.4, 0.5) is 10.5 Å². The fourth-order valence-electron chi connectivity index (χ4n) is 8.18. The molecule has 0 unspecified atom stereocenters. The highest BCUT2D eigenvalue weighted by Gasteiger charge is 2.58. The van der Waals surface area contributed by atoms with Gasteiger partial charge in [-0.3, -0.25) is 14.5 Å². The van der Waals surface area contributed by atoms with Crippen molar-refractivity contribution in [2.75, 3.05) is 44.4 Å². The Morgan fingerprint density at radius 2 is 1.94 bits per heavy atom. The first-order valence-corrected chi connectivity index (χ1v) is 13.9. The topological polar surface area (TPSA) is 76.2 Å². The van der Waals surface area contributed by atoms with E-state index in [9.17, 15) is 14.4 Å². The molecule has 194 valence electrons. The van der Waals surface area contributed by atoms with Crippen LogP contribution in [0, 0.1) is 23.2 Å². The quantitative estimate of drug-likeness (QED) is 0.609. The maximum atomic E-state index is 13.3. The zero-order valence-electron chi connectivity index (χ0n) is 21.4. The Kier molecular flexibility index (Phi) is 6.30. The lowest BCUT2D eigenvalue weighted by atomic mass is 9.54. The van der Waals surface area contributed by atoms with Crippen molar-refractivity contribution in [3.8, 4) is 0 Å². The van der Waals surface area contributed by atoms with Crippen molar-refractivity contribution in [3.05, 3.63) is 29.3 Å². The summed E-state index contributed by atoms with van der Waals surface area (Å²) in [6, 6.07) is 6.51. The van der Waals surface area contributed by atoms with E-state index in [1.165, 1.54) is 11.1 Å². The molecule has 0 bridgehead atoms. The first-order valence-electron chi connectivity index (χ1n) is 13.9. The number of fused-ring (bicyclic) bond motifs is 5. The molecule has 5 aliphatic rings. The molecule has 0 aromatic heterocycles. The Bertz CT molecular complexity index is 1050. The standard InChI is InChI=1S/C29H38N2O5/c1-29-10-9-23-22-8-6-21(31-13-16-36-28(31)34)17-19(22)5-7-24(23)27(29)20(18-25(29)32)3-2-4-26(33)30-11-14-35-15-12-30/h6,8,17,20,23-24,27H,2-5,7,9-16,18H2,1H3/t20-,23+,24+,27-,29+/m0/s1. The van der Waals surface area contributed by atoms with E-state index in [0.29, 0.717) is 81.8 Å². The predicted octanol–water partition coefficient (Wildman–Crippen LogP) is 4.32. The number of anilines is 1. The van der Waals surface area contributed by atoms with E-state index >= 15 is 0 Å². The SMILES string of the molecule is C[C@]12CC[C@@H]3c4ccc(N5CCOC5=O)cc4CC[C@H]3[C@@H]1[C@@H](CCCC(=O)N1CCOCC1)CC2=O. The minimum absolute atomic E-state index is 0.212. The number of ketones is 1. The van der Waals surface area contributed by atoms with Crippen LogP contribution in [-0.4, -0.2) is 62.1 Å². The molecule has 2 aliphatic heterocycles. The van der Waals surface area contributed by atoms with Gasteiger partial charge in [0, 0.05) is 37.0 Å². The molecular formula is C29H38N2O5. The Hall–Kier alpha value is -2.41. The number of Topliss-reactive ketones (excluding diaryl/α,β-unsaturated/α-hetero) is 1. The number of nitrogens with zero attached hydrogens (tertiary/aromatic N) is 2. The number of benzene rings is 1. The summed E-state index contributed by atoms with van der Waals surface area (Å²) in [4.78, 5) is 41.7. The highest BCUT2D eigenvalue weighted by Crippen LogP contribution is 2.62. The van der Waals surface area contributed by atoms with E-state index in [1.54, 1.807) is 4.90 Å². The number of hydrogen-bond donors (Lipinski definition) is 0. The van der Waals surface area contributed by atoms with E-state index < -0.39 is 0 Å². The van der Waals surface area contributed by atoms with Gasteiger partial charge < -0.3 is 14.4 Å². The third-order valence-corrected chi connectivity index (χ3v) is 9.96. The zero-order chi connectivity index (χ0) is 24.9. The number of morpholine rings is 1. The van der Waals surface area contributed by atoms with Crippen LogP contribution in [0.25, 0.3) is 0 Å². The van der Waals surface area contributed by atoms with Crippen LogP contribution in [0.1, 0.15) is 68.9 Å². The van der Waals surface area contributed by atoms with Crippen LogP contribution < -0.4 is 4.90 Å². The maximum Gasteiger partial charge on any atom is 0.414 e. The fraction of sp³-hybridized carbons (Fsp3) is 0.690. The van der Waals surface area contributed by atoms with E-state index in [1.807, 2.05) is 4.90 Å². The highest BCUT2D eigenvalue weighted by molar-refractivity contribution is 5.89. The maximum absolute atomic E-state index is 13.3. The zero-order valence-corrected chi connectivity index (χ0v) is 21.4. The fourth-order valence-corrected chi connectivity index (χ4v) is 8.18. The van der Waals surface area contributed by atoms with Crippen molar-refractivity contribution in [2.24, 2.45) is 23.2 Å². The van der Waals surface area contributed by atoms with Gasteiger partial charge in [0.25, 0.3) is 0 Å². The Balaban J connectivity index is 1.17. The van der Waals surface area contributed by atoms with Gasteiger partial charge in [-0.05, 0) is 85.5 Å². The third kappa shape index (κ3) is 4.04. The second-order valence-corrected chi connectivity index (χ2v) is 11.7. The Morgan fingerprint density at radius 1 is 1.11 bits per heavy atom. The lowest BCUT2D eigenvalue weighted by Crippen LogP contribution is -2.44. The van der Waals surface area contributed by atoms with Crippen LogP contribution >= 0.6 is 0 Å². The van der Waals surface area contributed by atoms with Crippen LogP contribution in [-0.2, 0) is 25.5 Å². The van der Waals surface area contributed by atoms with E-state index in [2.05, 4.69) is 25.1 Å². The molecule has 1 aromatic carbocycles. The predicted molar refractivity (Wildman–Crippen MR) is 135 cm³/mol. The smallest absolute Gasteiger partial charge is 0.414 e. The molecule has 2 heterocycles. The minimum Gasteiger partial charge on any atom is -0.447 e. The molecular weight excluding hydrogens is 456 g/mol. The molecule has 7 heteroatoms. The number of hydrogen-bond acceptors (Lipinski definition) is 5. The number of ether oxygens (including phenoxy) is 2. The van der Waals surface area contributed by atoms with Crippen molar-refractivity contribution in [3.63, 3.8) is 0 Å². The first-order chi connectivity index (χ1) is 17.5. The van der Waals surface area contributed by atoms with Gasteiger partial charge in [-0.1, -0.05) is 13.0 Å². The highest BCUT2D eigenvalue weighted by atomic mass is 16.6. The molecule has 7 nitrogen and oxygen atoms in total. The molecule has 0 N–H and O–H groups in total. The molecule has 2 amide bonds. The molecule has 6 rings (SSSR count). The summed E-state index contributed by atoms with van der Waals surface area (Å²) in [5.41, 5.74) is 3.50. The number of aryl methyl sites for hydroxylation is 1. The molecule has 3 aliphatic carbocycles. The first kappa shape index (κ1) is 24.0. The van der Waals surface area contributed by atoms with Crippen LogP contribution in [0.15, 0.2) is 18.2 Å². The van der Waals surface area contributed by atoms with Crippen LogP contribution in [0.3, 0.4) is 0 Å². The third-order valence-electron chi connectivity index (χ3n) is 9.96. The molecule has 36 heavy (non-hydrogen) atoms. The molecule has 1 aromatic rings. The summed E-state index contributed by atoms with van der Waals surface area (Å²) in [6.07, 6.45) is 6.95. The number of carbonyl (C=O) groups is 3. The summed E-state index contributed by atoms with van der Waals surface area (Å²) in [5, 5.41) is 0. The molecule has 0 radical (unpaired) electrons. The largest absolute Gasteiger partial charge is 0.447 e. The average molecular weight is 495 g/mol. The van der Waals surface area contributed by atoms with Crippen molar-refractivity contribution in [2.45, 2.75) is 64.2 Å². The van der Waals surface area contributed by atoms with Gasteiger partial charge in [-0.2, -0.15) is 0 Å². The van der Waals surface area contributed by atoms with Crippen molar-refractivity contribution in [1.82, 2.24) is 4.90 Å². The molecule has 0 spiro atoms. The number of rotatable bonds is 5. The molecule has 2 saturated carbocycles. The normalized spacial score (nSPS) is 33.7. The average Bonchev–Trinajstić information content (AvgIpc) is 3.44. The number of carbonyl (C=O) groups excluding carboxylic acids is 3. The van der Waals surface area contributed by atoms with Gasteiger partial charge in [0.2, 0.25) is 5.91 Å². The molecule has 5 atom stereocenters. The van der Waals surface area contributed by atoms with Gasteiger partial charge in [0.05, 0.1) is 19.8 Å². The van der Waals surface area contributed by atoms with Gasteiger partial charge in [-0.15, -0.1) is 0 Å². The Labute approximate surface area is 213 Å². The van der Waals surface area contributed by atoms with Crippen molar-refractivity contribution in [1.29, 1.82) is 0 Å². The van der Waals surface area contributed by atoms with E-state index in [4.69, 9.17) is 9.47 Å². The summed E-state index contributed by atoms with van der Waals surface area (Å²) < 4.78 is 10.5. The monoisotopic (exact) mass is 494 g/mol. The summed E-state index contributed by atoms with van der Waals surface area (Å²) in [5.74, 6) is 2.47. The summed E-state index contributed by atoms with van der Waals surface area (Å²) in [6.45, 7) is 5.97. The van der Waals surface area contributed by atoms with E-state index in [-0.39, 0.29) is 17.4 Å². The second-order valence-electron chi connectivity index (χ2n) is 11.7.